The molecule has 0 radical (unpaired) electrons. The van der Waals surface area contributed by atoms with Gasteiger partial charge < -0.3 is 4.90 Å². The predicted octanol–water partition coefficient (Wildman–Crippen LogP) is 2.27. The van der Waals surface area contributed by atoms with Gasteiger partial charge in [-0.2, -0.15) is 13.2 Å². The van der Waals surface area contributed by atoms with Gasteiger partial charge in [0.05, 0.1) is 17.1 Å². The van der Waals surface area contributed by atoms with Gasteiger partial charge in [0.2, 0.25) is 0 Å². The van der Waals surface area contributed by atoms with E-state index in [-0.39, 0.29) is 36.8 Å². The van der Waals surface area contributed by atoms with Crippen LogP contribution < -0.4 is 0 Å². The van der Waals surface area contributed by atoms with E-state index in [0.717, 1.165) is 22.2 Å². The second-order valence-electron chi connectivity index (χ2n) is 6.66. The van der Waals surface area contributed by atoms with E-state index in [1.54, 1.807) is 12.1 Å². The molecule has 10 heteroatoms. The summed E-state index contributed by atoms with van der Waals surface area (Å²) in [6, 6.07) is 7.24. The van der Waals surface area contributed by atoms with Crippen molar-refractivity contribution in [2.45, 2.75) is 19.5 Å². The third-order valence-corrected chi connectivity index (χ3v) is 6.02. The Hall–Kier alpha value is -2.49. The number of carbonyl (C=O) groups is 1. The van der Waals surface area contributed by atoms with Crippen LogP contribution in [-0.4, -0.2) is 53.8 Å². The molecule has 1 aliphatic heterocycles. The fourth-order valence-corrected chi connectivity index (χ4v) is 4.17. The molecule has 0 aliphatic carbocycles. The summed E-state index contributed by atoms with van der Waals surface area (Å²) in [5.74, 6) is -1.50. The van der Waals surface area contributed by atoms with Crippen LogP contribution in [0.5, 0.6) is 0 Å². The zero-order valence-corrected chi connectivity index (χ0v) is 15.8. The quantitative estimate of drug-likeness (QED) is 0.771. The van der Waals surface area contributed by atoms with Crippen LogP contribution in [0.2, 0.25) is 0 Å². The number of carbonyl (C=O) groups excluding carboxylic acids is 1. The average Bonchev–Trinajstić information content (AvgIpc) is 2.60. The maximum absolute atomic E-state index is 13.5. The number of hydrogen-bond donors (Lipinski definition) is 0. The lowest BCUT2D eigenvalue weighted by Crippen LogP contribution is -2.44. The Balaban J connectivity index is 1.90. The number of benzene rings is 1. The van der Waals surface area contributed by atoms with E-state index in [0.29, 0.717) is 0 Å². The number of alkyl halides is 3. The van der Waals surface area contributed by atoms with Crippen molar-refractivity contribution in [3.8, 4) is 0 Å². The SMILES string of the molecule is Cc1cccc(Cc2ncc(C(=O)N3CCS(=O)(=O)CC3)c(C(F)(F)F)n2)c1. The van der Waals surface area contributed by atoms with E-state index in [1.165, 1.54) is 0 Å². The van der Waals surface area contributed by atoms with Gasteiger partial charge >= 0.3 is 6.18 Å². The number of aryl methyl sites for hydroxylation is 1. The van der Waals surface area contributed by atoms with Gasteiger partial charge in [-0.05, 0) is 12.5 Å². The monoisotopic (exact) mass is 413 g/mol. The Morgan fingerprint density at radius 3 is 2.50 bits per heavy atom. The van der Waals surface area contributed by atoms with Crippen molar-refractivity contribution < 1.29 is 26.4 Å². The third kappa shape index (κ3) is 4.67. The molecular weight excluding hydrogens is 395 g/mol. The molecule has 6 nitrogen and oxygen atoms in total. The second-order valence-corrected chi connectivity index (χ2v) is 8.96. The van der Waals surface area contributed by atoms with E-state index < -0.39 is 33.2 Å². The molecule has 0 spiro atoms. The number of aromatic nitrogens is 2. The number of rotatable bonds is 3. The Morgan fingerprint density at radius 2 is 1.89 bits per heavy atom. The molecule has 0 unspecified atom stereocenters. The number of sulfone groups is 1. The molecule has 1 fully saturated rings. The average molecular weight is 413 g/mol. The van der Waals surface area contributed by atoms with Crippen molar-refractivity contribution in [1.29, 1.82) is 0 Å². The summed E-state index contributed by atoms with van der Waals surface area (Å²) in [5, 5.41) is 0. The third-order valence-electron chi connectivity index (χ3n) is 4.41. The van der Waals surface area contributed by atoms with Crippen LogP contribution >= 0.6 is 0 Å². The van der Waals surface area contributed by atoms with Gasteiger partial charge in [0.25, 0.3) is 5.91 Å². The van der Waals surface area contributed by atoms with Crippen molar-refractivity contribution in [3.05, 3.63) is 58.7 Å². The van der Waals surface area contributed by atoms with Crippen molar-refractivity contribution >= 4 is 15.7 Å². The summed E-state index contributed by atoms with van der Waals surface area (Å²) in [7, 11) is -3.26. The minimum absolute atomic E-state index is 0.0457. The molecule has 3 rings (SSSR count). The Morgan fingerprint density at radius 1 is 1.21 bits per heavy atom. The maximum atomic E-state index is 13.5. The summed E-state index contributed by atoms with van der Waals surface area (Å²) in [6.45, 7) is 1.57. The molecule has 0 N–H and O–H groups in total. The second kappa shape index (κ2) is 7.50. The minimum Gasteiger partial charge on any atom is -0.336 e. The van der Waals surface area contributed by atoms with E-state index in [9.17, 15) is 26.4 Å². The van der Waals surface area contributed by atoms with Crippen LogP contribution in [-0.2, 0) is 22.4 Å². The Labute approximate surface area is 160 Å². The molecule has 1 saturated heterocycles. The molecule has 0 atom stereocenters. The summed E-state index contributed by atoms with van der Waals surface area (Å²) >= 11 is 0. The van der Waals surface area contributed by atoms with Gasteiger partial charge in [-0.25, -0.2) is 18.4 Å². The van der Waals surface area contributed by atoms with Crippen molar-refractivity contribution in [3.63, 3.8) is 0 Å². The number of nitrogens with zero attached hydrogens (tertiary/aromatic N) is 3. The number of hydrogen-bond acceptors (Lipinski definition) is 5. The summed E-state index contributed by atoms with van der Waals surface area (Å²) in [6.07, 6.45) is -3.86. The van der Waals surface area contributed by atoms with E-state index in [4.69, 9.17) is 0 Å². The van der Waals surface area contributed by atoms with Crippen molar-refractivity contribution in [2.75, 3.05) is 24.6 Å². The fourth-order valence-electron chi connectivity index (χ4n) is 2.97. The first kappa shape index (κ1) is 20.2. The molecule has 2 heterocycles. The number of halogens is 3. The molecule has 1 aromatic heterocycles. The first-order valence-electron chi connectivity index (χ1n) is 8.53. The highest BCUT2D eigenvalue weighted by Gasteiger charge is 2.39. The first-order valence-corrected chi connectivity index (χ1v) is 10.4. The molecule has 1 aromatic carbocycles. The fraction of sp³-hybridized carbons (Fsp3) is 0.389. The molecule has 28 heavy (non-hydrogen) atoms. The van der Waals surface area contributed by atoms with Crippen LogP contribution in [0.3, 0.4) is 0 Å². The van der Waals surface area contributed by atoms with Crippen molar-refractivity contribution in [2.24, 2.45) is 0 Å². The molecule has 0 saturated carbocycles. The largest absolute Gasteiger partial charge is 0.434 e. The zero-order chi connectivity index (χ0) is 20.5. The highest BCUT2D eigenvalue weighted by Crippen LogP contribution is 2.31. The molecule has 0 bridgehead atoms. The lowest BCUT2D eigenvalue weighted by atomic mass is 10.1. The molecular formula is C18H18F3N3O3S. The maximum Gasteiger partial charge on any atom is 0.434 e. The Bertz CT molecular complexity index is 993. The lowest BCUT2D eigenvalue weighted by Gasteiger charge is -2.27. The van der Waals surface area contributed by atoms with Crippen LogP contribution in [0.1, 0.15) is 33.0 Å². The molecule has 150 valence electrons. The topological polar surface area (TPSA) is 80.2 Å². The summed E-state index contributed by atoms with van der Waals surface area (Å²) in [4.78, 5) is 21.2. The van der Waals surface area contributed by atoms with Crippen LogP contribution in [0.4, 0.5) is 13.2 Å². The minimum atomic E-state index is -4.84. The van der Waals surface area contributed by atoms with Crippen LogP contribution in [0.25, 0.3) is 0 Å². The van der Waals surface area contributed by atoms with Gasteiger partial charge in [-0.3, -0.25) is 4.79 Å². The zero-order valence-electron chi connectivity index (χ0n) is 15.0. The van der Waals surface area contributed by atoms with Gasteiger partial charge in [-0.15, -0.1) is 0 Å². The molecule has 2 aromatic rings. The van der Waals surface area contributed by atoms with Crippen LogP contribution in [0, 0.1) is 6.92 Å². The smallest absolute Gasteiger partial charge is 0.336 e. The molecule has 1 aliphatic rings. The van der Waals surface area contributed by atoms with Gasteiger partial charge in [0.15, 0.2) is 15.5 Å². The van der Waals surface area contributed by atoms with Crippen molar-refractivity contribution in [1.82, 2.24) is 14.9 Å². The highest BCUT2D eigenvalue weighted by molar-refractivity contribution is 7.91. The standard InChI is InChI=1S/C18H18F3N3O3S/c1-12-3-2-4-13(9-12)10-15-22-11-14(16(23-15)18(19,20)21)17(25)24-5-7-28(26,27)8-6-24/h2-4,9,11H,5-8,10H2,1H3. The van der Waals surface area contributed by atoms with Gasteiger partial charge in [0, 0.05) is 25.7 Å². The molecule has 1 amide bonds. The summed E-state index contributed by atoms with van der Waals surface area (Å²) in [5.41, 5.74) is -0.253. The van der Waals surface area contributed by atoms with E-state index in [1.807, 2.05) is 19.1 Å². The first-order chi connectivity index (χ1) is 13.0. The van der Waals surface area contributed by atoms with E-state index in [2.05, 4.69) is 9.97 Å². The highest BCUT2D eigenvalue weighted by atomic mass is 32.2. The lowest BCUT2D eigenvalue weighted by molar-refractivity contribution is -0.141. The van der Waals surface area contributed by atoms with Crippen LogP contribution in [0.15, 0.2) is 30.5 Å². The number of amides is 1. The van der Waals surface area contributed by atoms with E-state index >= 15 is 0 Å². The Kier molecular flexibility index (Phi) is 5.42. The van der Waals surface area contributed by atoms with Gasteiger partial charge in [0.1, 0.15) is 5.82 Å². The van der Waals surface area contributed by atoms with Gasteiger partial charge in [-0.1, -0.05) is 29.8 Å². The predicted molar refractivity (Wildman–Crippen MR) is 95.6 cm³/mol. The normalized spacial score (nSPS) is 16.8. The summed E-state index contributed by atoms with van der Waals surface area (Å²) < 4.78 is 63.5.